The first-order valence-corrected chi connectivity index (χ1v) is 9.75. The largest absolute Gasteiger partial charge is 0.481 e. The van der Waals surface area contributed by atoms with Crippen LogP contribution in [0.3, 0.4) is 0 Å². The Morgan fingerprint density at radius 2 is 1.39 bits per heavy atom. The van der Waals surface area contributed by atoms with Gasteiger partial charge in [0.1, 0.15) is 6.04 Å². The summed E-state index contributed by atoms with van der Waals surface area (Å²) in [7, 11) is 0. The van der Waals surface area contributed by atoms with Crippen LogP contribution in [-0.2, 0) is 14.4 Å². The molecule has 0 amide bonds. The number of hydrogen-bond acceptors (Lipinski definition) is 4. The van der Waals surface area contributed by atoms with Crippen molar-refractivity contribution in [1.29, 1.82) is 0 Å². The molecule has 2 unspecified atom stereocenters. The quantitative estimate of drug-likeness (QED) is 0.317. The molecule has 0 aliphatic rings. The van der Waals surface area contributed by atoms with Crippen LogP contribution in [-0.4, -0.2) is 45.1 Å². The predicted molar refractivity (Wildman–Crippen MR) is 110 cm³/mol. The predicted octanol–water partition coefficient (Wildman–Crippen LogP) is 3.85. The molecular formula is C20H32ClNO6. The summed E-state index contributed by atoms with van der Waals surface area (Å²) in [6.07, 6.45) is 4.08. The molecule has 0 aliphatic heterocycles. The first kappa shape index (κ1) is 28.1. The summed E-state index contributed by atoms with van der Waals surface area (Å²) in [5, 5.41) is 24.8. The van der Waals surface area contributed by atoms with E-state index in [0.29, 0.717) is 18.2 Å². The van der Waals surface area contributed by atoms with E-state index in [9.17, 15) is 14.4 Å². The normalized spacial score (nSPS) is 11.7. The van der Waals surface area contributed by atoms with Crippen molar-refractivity contribution >= 4 is 29.5 Å². The number of rotatable bonds is 11. The number of hydrogen-bond donors (Lipinski definition) is 4. The zero-order chi connectivity index (χ0) is 21.8. The number of carbonyl (C=O) groups is 3. The zero-order valence-corrected chi connectivity index (χ0v) is 17.1. The van der Waals surface area contributed by atoms with Gasteiger partial charge in [-0.1, -0.05) is 56.2 Å². The fourth-order valence-corrected chi connectivity index (χ4v) is 2.20. The van der Waals surface area contributed by atoms with E-state index in [1.165, 1.54) is 0 Å². The smallest absolute Gasteiger partial charge is 0.320 e. The Bertz CT molecular complexity index is 500. The van der Waals surface area contributed by atoms with Crippen LogP contribution in [0.1, 0.15) is 51.9 Å². The first-order valence-electron chi connectivity index (χ1n) is 9.22. The summed E-state index contributed by atoms with van der Waals surface area (Å²) in [4.78, 5) is 30.2. The van der Waals surface area contributed by atoms with E-state index in [1.807, 2.05) is 43.3 Å². The number of carboxylic acids is 3. The standard InChI is InChI=1S/C9H17ClO2.C6H6.C5H9NO4/c1-2-8(7-9(11)12)5-3-4-6-10;1-2-4-6-5-3-1;6-3(5(9)10)1-2-4(7)8/h8H,2-7H2,1H3,(H,11,12);1-6H;3H,1-2,6H2,(H,7,8)(H,9,10). The second-order valence-corrected chi connectivity index (χ2v) is 6.47. The lowest BCUT2D eigenvalue weighted by Crippen LogP contribution is -2.30. The molecule has 0 heterocycles. The Hall–Kier alpha value is -2.12. The lowest BCUT2D eigenvalue weighted by atomic mass is 9.96. The van der Waals surface area contributed by atoms with E-state index in [0.717, 1.165) is 25.7 Å². The summed E-state index contributed by atoms with van der Waals surface area (Å²) in [6, 6.07) is 10.9. The molecule has 0 spiro atoms. The van der Waals surface area contributed by atoms with Crippen LogP contribution in [0, 0.1) is 5.92 Å². The van der Waals surface area contributed by atoms with Gasteiger partial charge in [-0.15, -0.1) is 11.6 Å². The average molecular weight is 418 g/mol. The number of carboxylic acid groups (broad SMARTS) is 3. The summed E-state index contributed by atoms with van der Waals surface area (Å²) < 4.78 is 0. The SMILES string of the molecule is CCC(CCCCCl)CC(=O)O.NC(CCC(=O)O)C(=O)O.c1ccccc1. The number of aliphatic carboxylic acids is 3. The highest BCUT2D eigenvalue weighted by molar-refractivity contribution is 6.17. The molecule has 7 nitrogen and oxygen atoms in total. The molecule has 1 aromatic rings. The molecule has 5 N–H and O–H groups in total. The molecule has 160 valence electrons. The van der Waals surface area contributed by atoms with Gasteiger partial charge in [0.25, 0.3) is 0 Å². The minimum atomic E-state index is -1.17. The maximum absolute atomic E-state index is 10.4. The lowest BCUT2D eigenvalue weighted by Gasteiger charge is -2.10. The van der Waals surface area contributed by atoms with Gasteiger partial charge in [0.15, 0.2) is 0 Å². The van der Waals surface area contributed by atoms with Crippen molar-refractivity contribution < 1.29 is 29.7 Å². The highest BCUT2D eigenvalue weighted by Crippen LogP contribution is 2.16. The van der Waals surface area contributed by atoms with Crippen molar-refractivity contribution in [2.24, 2.45) is 11.7 Å². The number of unbranched alkanes of at least 4 members (excludes halogenated alkanes) is 1. The molecule has 8 heteroatoms. The molecule has 28 heavy (non-hydrogen) atoms. The third-order valence-electron chi connectivity index (χ3n) is 3.69. The van der Waals surface area contributed by atoms with Gasteiger partial charge >= 0.3 is 17.9 Å². The van der Waals surface area contributed by atoms with E-state index in [4.69, 9.17) is 32.7 Å². The van der Waals surface area contributed by atoms with Crippen LogP contribution in [0.5, 0.6) is 0 Å². The Labute approximate surface area is 171 Å². The van der Waals surface area contributed by atoms with Crippen LogP contribution < -0.4 is 5.73 Å². The maximum atomic E-state index is 10.4. The van der Waals surface area contributed by atoms with Gasteiger partial charge in [0.2, 0.25) is 0 Å². The topological polar surface area (TPSA) is 138 Å². The Kier molecular flexibility index (Phi) is 19.7. The number of halogens is 1. The third kappa shape index (κ3) is 21.9. The molecule has 2 atom stereocenters. The summed E-state index contributed by atoms with van der Waals surface area (Å²) in [5.41, 5.74) is 5.00. The van der Waals surface area contributed by atoms with Crippen LogP contribution in [0.15, 0.2) is 36.4 Å². The molecule has 0 saturated heterocycles. The summed E-state index contributed by atoms with van der Waals surface area (Å²) in [5.74, 6) is -1.86. The minimum Gasteiger partial charge on any atom is -0.481 e. The van der Waals surface area contributed by atoms with Crippen LogP contribution in [0.25, 0.3) is 0 Å². The maximum Gasteiger partial charge on any atom is 0.320 e. The minimum absolute atomic E-state index is 0.0231. The van der Waals surface area contributed by atoms with Crippen molar-refractivity contribution in [3.05, 3.63) is 36.4 Å². The molecule has 0 bridgehead atoms. The highest BCUT2D eigenvalue weighted by atomic mass is 35.5. The molecule has 0 radical (unpaired) electrons. The van der Waals surface area contributed by atoms with E-state index in [-0.39, 0.29) is 12.8 Å². The first-order chi connectivity index (χ1) is 13.2. The van der Waals surface area contributed by atoms with E-state index < -0.39 is 23.9 Å². The van der Waals surface area contributed by atoms with Crippen molar-refractivity contribution in [2.75, 3.05) is 5.88 Å². The molecule has 1 rings (SSSR count). The van der Waals surface area contributed by atoms with Crippen LogP contribution in [0.2, 0.25) is 0 Å². The third-order valence-corrected chi connectivity index (χ3v) is 3.96. The van der Waals surface area contributed by atoms with Crippen molar-refractivity contribution in [3.63, 3.8) is 0 Å². The molecule has 1 aromatic carbocycles. The van der Waals surface area contributed by atoms with Gasteiger partial charge in [0, 0.05) is 18.7 Å². The van der Waals surface area contributed by atoms with E-state index in [2.05, 4.69) is 0 Å². The van der Waals surface area contributed by atoms with E-state index >= 15 is 0 Å². The summed E-state index contributed by atoms with van der Waals surface area (Å²) in [6.45, 7) is 2.04. The molecule has 0 aromatic heterocycles. The summed E-state index contributed by atoms with van der Waals surface area (Å²) >= 11 is 5.52. The van der Waals surface area contributed by atoms with Crippen molar-refractivity contribution in [3.8, 4) is 0 Å². The molecular weight excluding hydrogens is 386 g/mol. The monoisotopic (exact) mass is 417 g/mol. The van der Waals surface area contributed by atoms with Crippen molar-refractivity contribution in [2.45, 2.75) is 57.9 Å². The van der Waals surface area contributed by atoms with Gasteiger partial charge in [-0.3, -0.25) is 14.4 Å². The van der Waals surface area contributed by atoms with Gasteiger partial charge in [-0.25, -0.2) is 0 Å². The zero-order valence-electron chi connectivity index (χ0n) is 16.3. The molecule has 0 fully saturated rings. The van der Waals surface area contributed by atoms with Gasteiger partial charge in [-0.05, 0) is 25.2 Å². The Balaban J connectivity index is 0. The van der Waals surface area contributed by atoms with Crippen LogP contribution in [0.4, 0.5) is 0 Å². The molecule has 0 saturated carbocycles. The number of nitrogens with two attached hydrogens (primary N) is 1. The van der Waals surface area contributed by atoms with Crippen LogP contribution >= 0.6 is 11.6 Å². The van der Waals surface area contributed by atoms with E-state index in [1.54, 1.807) is 0 Å². The van der Waals surface area contributed by atoms with Gasteiger partial charge < -0.3 is 21.1 Å². The Morgan fingerprint density at radius 3 is 1.71 bits per heavy atom. The second-order valence-electron chi connectivity index (χ2n) is 6.09. The second kappa shape index (κ2) is 19.6. The van der Waals surface area contributed by atoms with Crippen molar-refractivity contribution in [1.82, 2.24) is 0 Å². The lowest BCUT2D eigenvalue weighted by molar-refractivity contribution is -0.140. The fourth-order valence-electron chi connectivity index (χ4n) is 2.01. The average Bonchev–Trinajstić information content (AvgIpc) is 2.67. The van der Waals surface area contributed by atoms with Gasteiger partial charge in [-0.2, -0.15) is 0 Å². The number of alkyl halides is 1. The Morgan fingerprint density at radius 1 is 0.893 bits per heavy atom. The fraction of sp³-hybridized carbons (Fsp3) is 0.550. The highest BCUT2D eigenvalue weighted by Gasteiger charge is 2.12. The molecule has 0 aliphatic carbocycles. The van der Waals surface area contributed by atoms with Gasteiger partial charge in [0.05, 0.1) is 0 Å². The number of benzene rings is 1.